The van der Waals surface area contributed by atoms with Gasteiger partial charge in [-0.1, -0.05) is 18.2 Å². The Morgan fingerprint density at radius 3 is 2.85 bits per heavy atom. The van der Waals surface area contributed by atoms with Crippen molar-refractivity contribution in [3.05, 3.63) is 30.3 Å². The molecule has 13 heavy (non-hydrogen) atoms. The quantitative estimate of drug-likeness (QED) is 0.723. The predicted molar refractivity (Wildman–Crippen MR) is 50.6 cm³/mol. The number of nitrogens with one attached hydrogen (secondary N) is 1. The molecule has 0 aliphatic rings. The van der Waals surface area contributed by atoms with Crippen LogP contribution in [0.1, 0.15) is 0 Å². The van der Waals surface area contributed by atoms with Crippen molar-refractivity contribution in [1.82, 2.24) is 0 Å². The lowest BCUT2D eigenvalue weighted by molar-refractivity contribution is 0.565. The van der Waals surface area contributed by atoms with Gasteiger partial charge in [0.2, 0.25) is 5.88 Å². The molecule has 0 aliphatic heterocycles. The second-order valence-electron chi connectivity index (χ2n) is 2.50. The Labute approximate surface area is 77.0 Å². The van der Waals surface area contributed by atoms with Gasteiger partial charge in [-0.25, -0.2) is 4.21 Å². The van der Waals surface area contributed by atoms with Crippen LogP contribution in [0.15, 0.2) is 34.7 Å². The molecule has 2 N–H and O–H groups in total. The first-order valence-corrected chi connectivity index (χ1v) is 4.72. The van der Waals surface area contributed by atoms with Crippen LogP contribution in [-0.4, -0.2) is 8.76 Å². The average Bonchev–Trinajstić information content (AvgIpc) is 2.44. The zero-order valence-electron chi connectivity index (χ0n) is 6.56. The number of fused-ring (bicyclic) bond motifs is 1. The molecular weight excluding hydrogens is 190 g/mol. The largest absolute Gasteiger partial charge is 0.440 e. The molecule has 4 nitrogen and oxygen atoms in total. The van der Waals surface area contributed by atoms with Gasteiger partial charge < -0.3 is 4.42 Å². The number of para-hydroxylation sites is 1. The summed E-state index contributed by atoms with van der Waals surface area (Å²) in [5.74, 6) is 0.294. The van der Waals surface area contributed by atoms with Crippen molar-refractivity contribution in [3.63, 3.8) is 0 Å². The highest BCUT2D eigenvalue weighted by molar-refractivity contribution is 7.80. The molecule has 0 radical (unpaired) electrons. The molecule has 0 aliphatic carbocycles. The van der Waals surface area contributed by atoms with Gasteiger partial charge in [0.1, 0.15) is 5.58 Å². The number of hydrogen-bond acceptors (Lipinski definition) is 2. The van der Waals surface area contributed by atoms with Gasteiger partial charge in [-0.3, -0.25) is 9.27 Å². The smallest absolute Gasteiger partial charge is 0.261 e. The topological polar surface area (TPSA) is 62.5 Å². The molecule has 0 bridgehead atoms. The van der Waals surface area contributed by atoms with Crippen molar-refractivity contribution in [2.45, 2.75) is 0 Å². The Bertz CT molecular complexity index is 418. The molecule has 1 aromatic heterocycles. The van der Waals surface area contributed by atoms with E-state index in [0.717, 1.165) is 5.39 Å². The van der Waals surface area contributed by atoms with Gasteiger partial charge in [0.05, 0.1) is 0 Å². The first-order valence-electron chi connectivity index (χ1n) is 3.62. The second kappa shape index (κ2) is 3.20. The maximum Gasteiger partial charge on any atom is 0.261 e. The summed E-state index contributed by atoms with van der Waals surface area (Å²) in [5.41, 5.74) is 0.690. The van der Waals surface area contributed by atoms with E-state index >= 15 is 0 Å². The Kier molecular flexibility index (Phi) is 2.03. The minimum Gasteiger partial charge on any atom is -0.440 e. The molecule has 0 spiro atoms. The van der Waals surface area contributed by atoms with E-state index in [1.54, 1.807) is 12.1 Å². The Morgan fingerprint density at radius 2 is 2.15 bits per heavy atom. The SMILES string of the molecule is O=S(O)Nc1cc2ccccc2o1. The van der Waals surface area contributed by atoms with Crippen LogP contribution in [0, 0.1) is 0 Å². The van der Waals surface area contributed by atoms with E-state index in [-0.39, 0.29) is 0 Å². The molecule has 68 valence electrons. The minimum atomic E-state index is -2.09. The lowest BCUT2D eigenvalue weighted by atomic mass is 10.3. The molecule has 1 atom stereocenters. The molecule has 1 unspecified atom stereocenters. The van der Waals surface area contributed by atoms with Crippen LogP contribution in [0.2, 0.25) is 0 Å². The number of anilines is 1. The molecule has 0 fully saturated rings. The fraction of sp³-hybridized carbons (Fsp3) is 0. The molecule has 1 heterocycles. The van der Waals surface area contributed by atoms with Crippen LogP contribution in [0.4, 0.5) is 5.88 Å². The molecule has 2 aromatic rings. The van der Waals surface area contributed by atoms with Gasteiger partial charge in [-0.15, -0.1) is 0 Å². The molecular formula is C8H7NO3S. The molecule has 2 rings (SSSR count). The third kappa shape index (κ3) is 1.71. The maximum absolute atomic E-state index is 10.4. The number of hydrogen-bond donors (Lipinski definition) is 2. The van der Waals surface area contributed by atoms with E-state index < -0.39 is 11.3 Å². The van der Waals surface area contributed by atoms with Crippen molar-refractivity contribution in [2.75, 3.05) is 4.72 Å². The van der Waals surface area contributed by atoms with E-state index in [1.165, 1.54) is 0 Å². The van der Waals surface area contributed by atoms with Crippen LogP contribution in [-0.2, 0) is 11.3 Å². The zero-order valence-corrected chi connectivity index (χ0v) is 7.38. The standard InChI is InChI=1S/C8H7NO3S/c10-13(11)9-8-5-6-3-1-2-4-7(6)12-8/h1-5,9H,(H,10,11). The highest BCUT2D eigenvalue weighted by Gasteiger charge is 2.03. The lowest BCUT2D eigenvalue weighted by Gasteiger charge is -1.91. The molecule has 1 aromatic carbocycles. The summed E-state index contributed by atoms with van der Waals surface area (Å²) in [6, 6.07) is 9.04. The average molecular weight is 197 g/mol. The van der Waals surface area contributed by atoms with Crippen molar-refractivity contribution in [1.29, 1.82) is 0 Å². The normalized spacial score (nSPS) is 13.0. The van der Waals surface area contributed by atoms with Gasteiger partial charge in [0, 0.05) is 11.5 Å². The predicted octanol–water partition coefficient (Wildman–Crippen LogP) is 1.98. The molecule has 0 saturated heterocycles. The Morgan fingerprint density at radius 1 is 1.38 bits per heavy atom. The first kappa shape index (κ1) is 8.28. The summed E-state index contributed by atoms with van der Waals surface area (Å²) in [6.07, 6.45) is 0. The van der Waals surface area contributed by atoms with Gasteiger partial charge in [0.15, 0.2) is 0 Å². The molecule has 0 saturated carbocycles. The van der Waals surface area contributed by atoms with E-state index in [2.05, 4.69) is 4.72 Å². The number of furan rings is 1. The van der Waals surface area contributed by atoms with Gasteiger partial charge in [0.25, 0.3) is 11.3 Å². The van der Waals surface area contributed by atoms with Crippen molar-refractivity contribution in [3.8, 4) is 0 Å². The van der Waals surface area contributed by atoms with Crippen molar-refractivity contribution < 1.29 is 13.2 Å². The zero-order chi connectivity index (χ0) is 9.26. The molecule has 5 heteroatoms. The fourth-order valence-electron chi connectivity index (χ4n) is 1.12. The van der Waals surface area contributed by atoms with Crippen LogP contribution in [0.25, 0.3) is 11.0 Å². The molecule has 0 amide bonds. The van der Waals surface area contributed by atoms with Crippen LogP contribution < -0.4 is 4.72 Å². The van der Waals surface area contributed by atoms with Gasteiger partial charge >= 0.3 is 0 Å². The summed E-state index contributed by atoms with van der Waals surface area (Å²) >= 11 is -2.09. The summed E-state index contributed by atoms with van der Waals surface area (Å²) in [5, 5.41) is 0.899. The Balaban J connectivity index is 2.44. The van der Waals surface area contributed by atoms with Crippen molar-refractivity contribution >= 4 is 28.1 Å². The maximum atomic E-state index is 10.4. The number of benzene rings is 1. The van der Waals surface area contributed by atoms with Crippen molar-refractivity contribution in [2.24, 2.45) is 0 Å². The minimum absolute atomic E-state index is 0.294. The summed E-state index contributed by atoms with van der Waals surface area (Å²) in [4.78, 5) is 0. The lowest BCUT2D eigenvalue weighted by Crippen LogP contribution is -1.99. The van der Waals surface area contributed by atoms with Crippen LogP contribution >= 0.6 is 0 Å². The second-order valence-corrected chi connectivity index (χ2v) is 3.20. The highest BCUT2D eigenvalue weighted by atomic mass is 32.2. The number of rotatable bonds is 2. The Hall–Kier alpha value is -1.33. The van der Waals surface area contributed by atoms with Crippen LogP contribution in [0.5, 0.6) is 0 Å². The van der Waals surface area contributed by atoms with Gasteiger partial charge in [-0.05, 0) is 6.07 Å². The van der Waals surface area contributed by atoms with Gasteiger partial charge in [-0.2, -0.15) is 0 Å². The first-order chi connectivity index (χ1) is 6.25. The summed E-state index contributed by atoms with van der Waals surface area (Å²) in [6.45, 7) is 0. The van der Waals surface area contributed by atoms with Crippen LogP contribution in [0.3, 0.4) is 0 Å². The summed E-state index contributed by atoms with van der Waals surface area (Å²) in [7, 11) is 0. The van der Waals surface area contributed by atoms with E-state index in [4.69, 9.17) is 8.97 Å². The fourth-order valence-corrected chi connectivity index (χ4v) is 1.39. The third-order valence-electron chi connectivity index (χ3n) is 1.61. The highest BCUT2D eigenvalue weighted by Crippen LogP contribution is 2.22. The monoisotopic (exact) mass is 197 g/mol. The van der Waals surface area contributed by atoms with E-state index in [0.29, 0.717) is 11.5 Å². The summed E-state index contributed by atoms with van der Waals surface area (Å²) < 4.78 is 26.4. The van der Waals surface area contributed by atoms with E-state index in [9.17, 15) is 4.21 Å². The van der Waals surface area contributed by atoms with E-state index in [1.807, 2.05) is 18.2 Å². The third-order valence-corrected chi connectivity index (χ3v) is 1.99.